The van der Waals surface area contributed by atoms with Crippen LogP contribution in [0.2, 0.25) is 0 Å². The van der Waals surface area contributed by atoms with E-state index in [1.165, 1.54) is 0 Å². The first-order valence-corrected chi connectivity index (χ1v) is 15.9. The fourth-order valence-electron chi connectivity index (χ4n) is 5.51. The first kappa shape index (κ1) is 29.8. The monoisotopic (exact) mass is 604 g/mol. The third-order valence-electron chi connectivity index (χ3n) is 7.86. The van der Waals surface area contributed by atoms with Gasteiger partial charge in [-0.2, -0.15) is 4.98 Å². The van der Waals surface area contributed by atoms with Gasteiger partial charge in [0.25, 0.3) is 0 Å². The zero-order chi connectivity index (χ0) is 29.4. The van der Waals surface area contributed by atoms with Crippen LogP contribution >= 0.6 is 11.3 Å². The topological polar surface area (TPSA) is 130 Å². The van der Waals surface area contributed by atoms with Crippen molar-refractivity contribution in [1.29, 1.82) is 0 Å². The lowest BCUT2D eigenvalue weighted by molar-refractivity contribution is 0.0336. The number of methoxy groups -OCH3 is 1. The minimum absolute atomic E-state index is 0.202. The van der Waals surface area contributed by atoms with Gasteiger partial charge < -0.3 is 30.5 Å². The van der Waals surface area contributed by atoms with Crippen LogP contribution in [0.1, 0.15) is 36.9 Å². The van der Waals surface area contributed by atoms with E-state index in [0.717, 1.165) is 109 Å². The number of anilines is 3. The van der Waals surface area contributed by atoms with Gasteiger partial charge >= 0.3 is 0 Å². The van der Waals surface area contributed by atoms with Crippen LogP contribution in [-0.2, 0) is 22.6 Å². The Morgan fingerprint density at radius 3 is 2.72 bits per heavy atom. The lowest BCUT2D eigenvalue weighted by Crippen LogP contribution is -2.36. The number of ether oxygens (including phenoxy) is 2. The summed E-state index contributed by atoms with van der Waals surface area (Å²) in [5.41, 5.74) is 5.19. The Morgan fingerprint density at radius 2 is 1.88 bits per heavy atom. The highest BCUT2D eigenvalue weighted by Crippen LogP contribution is 2.32. The van der Waals surface area contributed by atoms with Crippen LogP contribution in [0.3, 0.4) is 0 Å². The molecule has 6 rings (SSSR count). The molecule has 1 aliphatic heterocycles. The number of hydrogen-bond donors (Lipinski definition) is 4. The van der Waals surface area contributed by atoms with Crippen LogP contribution in [0, 0.1) is 0 Å². The van der Waals surface area contributed by atoms with Gasteiger partial charge in [-0.25, -0.2) is 9.97 Å². The second kappa shape index (κ2) is 14.5. The lowest BCUT2D eigenvalue weighted by Gasteiger charge is -2.27. The second-order valence-corrected chi connectivity index (χ2v) is 12.2. The normalized spacial score (nSPS) is 19.5. The van der Waals surface area contributed by atoms with Gasteiger partial charge in [-0.3, -0.25) is 9.88 Å². The van der Waals surface area contributed by atoms with Gasteiger partial charge in [-0.15, -0.1) is 0 Å². The number of benzene rings is 1. The van der Waals surface area contributed by atoms with Crippen LogP contribution < -0.4 is 16.0 Å². The van der Waals surface area contributed by atoms with E-state index < -0.39 is 0 Å². The molecule has 4 aromatic rings. The molecule has 1 saturated heterocycles. The number of aliphatic hydroxyl groups excluding tert-OH is 1. The zero-order valence-electron chi connectivity index (χ0n) is 24.6. The number of pyridine rings is 1. The molecule has 0 amide bonds. The largest absolute Gasteiger partial charge is 0.393 e. The Bertz CT molecular complexity index is 1490. The highest BCUT2D eigenvalue weighted by atomic mass is 32.1. The van der Waals surface area contributed by atoms with E-state index in [1.54, 1.807) is 18.4 Å². The van der Waals surface area contributed by atoms with Crippen molar-refractivity contribution >= 4 is 38.5 Å². The SMILES string of the molecule is COCCNCc1cncc(-c2ccc3nc(Nc4cc(CN5CCOCC5)nc(N[C@H]5CC[C@H](O)CC5)n4)sc3c2)c1. The molecule has 43 heavy (non-hydrogen) atoms. The molecule has 3 aromatic heterocycles. The first-order valence-electron chi connectivity index (χ1n) is 15.1. The Hall–Kier alpha value is -3.26. The zero-order valence-corrected chi connectivity index (χ0v) is 25.4. The number of thiazole rings is 1. The Kier molecular flexibility index (Phi) is 10.0. The average Bonchev–Trinajstić information content (AvgIpc) is 3.42. The maximum absolute atomic E-state index is 9.93. The number of fused-ring (bicyclic) bond motifs is 1. The Labute approximate surface area is 256 Å². The molecule has 12 heteroatoms. The third-order valence-corrected chi connectivity index (χ3v) is 8.80. The van der Waals surface area contributed by atoms with E-state index in [-0.39, 0.29) is 12.1 Å². The van der Waals surface area contributed by atoms with Crippen molar-refractivity contribution < 1.29 is 14.6 Å². The van der Waals surface area contributed by atoms with E-state index in [4.69, 9.17) is 24.4 Å². The standard InChI is InChI=1S/C31H40N8O3S/c1-41-11-8-32-17-21-14-23(19-33-18-21)22-2-7-27-28(15-22)43-31(36-27)38-29-16-25(20-39-9-12-42-13-10-39)35-30(37-29)34-24-3-5-26(40)6-4-24/h2,7,14-16,18-19,24,26,32,40H,3-6,8-13,17,20H2,1H3,(H2,34,35,36,37,38)/t24-,26-. The predicted molar refractivity (Wildman–Crippen MR) is 170 cm³/mol. The van der Waals surface area contributed by atoms with Gasteiger partial charge in [-0.1, -0.05) is 17.4 Å². The summed E-state index contributed by atoms with van der Waals surface area (Å²) in [5.74, 6) is 1.33. The molecule has 0 bridgehead atoms. The number of morpholine rings is 1. The minimum Gasteiger partial charge on any atom is -0.393 e. The van der Waals surface area contributed by atoms with E-state index in [2.05, 4.69) is 50.1 Å². The fourth-order valence-corrected chi connectivity index (χ4v) is 6.43. The lowest BCUT2D eigenvalue weighted by atomic mass is 9.93. The van der Waals surface area contributed by atoms with Crippen molar-refractivity contribution in [2.24, 2.45) is 0 Å². The number of aliphatic hydroxyl groups is 1. The van der Waals surface area contributed by atoms with Crippen molar-refractivity contribution in [1.82, 2.24) is 30.2 Å². The highest BCUT2D eigenvalue weighted by Gasteiger charge is 2.21. The number of hydrogen-bond acceptors (Lipinski definition) is 12. The van der Waals surface area contributed by atoms with Gasteiger partial charge in [-0.05, 0) is 55.0 Å². The number of nitrogens with zero attached hydrogens (tertiary/aromatic N) is 5. The summed E-state index contributed by atoms with van der Waals surface area (Å²) >= 11 is 1.60. The molecule has 1 aliphatic carbocycles. The van der Waals surface area contributed by atoms with Gasteiger partial charge in [0.15, 0.2) is 5.13 Å². The maximum atomic E-state index is 9.93. The summed E-state index contributed by atoms with van der Waals surface area (Å²) in [6.07, 6.45) is 7.01. The van der Waals surface area contributed by atoms with Crippen molar-refractivity contribution in [3.05, 3.63) is 54.0 Å². The van der Waals surface area contributed by atoms with Gasteiger partial charge in [0.05, 0.1) is 41.8 Å². The quantitative estimate of drug-likeness (QED) is 0.174. The summed E-state index contributed by atoms with van der Waals surface area (Å²) in [6.45, 7) is 6.21. The molecule has 11 nitrogen and oxygen atoms in total. The average molecular weight is 605 g/mol. The molecule has 2 fully saturated rings. The first-order chi connectivity index (χ1) is 21.1. The van der Waals surface area contributed by atoms with Gasteiger partial charge in [0, 0.05) is 69.9 Å². The molecule has 4 N–H and O–H groups in total. The number of nitrogens with one attached hydrogen (secondary N) is 3. The van der Waals surface area contributed by atoms with E-state index in [0.29, 0.717) is 18.4 Å². The van der Waals surface area contributed by atoms with Crippen molar-refractivity contribution in [2.45, 2.75) is 50.9 Å². The number of rotatable bonds is 12. The van der Waals surface area contributed by atoms with Crippen LogP contribution in [0.15, 0.2) is 42.7 Å². The smallest absolute Gasteiger partial charge is 0.225 e. The Balaban J connectivity index is 1.19. The molecular formula is C31H40N8O3S. The molecule has 0 radical (unpaired) electrons. The van der Waals surface area contributed by atoms with Gasteiger partial charge in [0.2, 0.25) is 5.95 Å². The van der Waals surface area contributed by atoms with Crippen LogP contribution in [0.25, 0.3) is 21.3 Å². The molecule has 0 spiro atoms. The van der Waals surface area contributed by atoms with E-state index in [9.17, 15) is 5.11 Å². The molecule has 2 aliphatic rings. The summed E-state index contributed by atoms with van der Waals surface area (Å²) < 4.78 is 11.7. The molecule has 1 aromatic carbocycles. The maximum Gasteiger partial charge on any atom is 0.225 e. The van der Waals surface area contributed by atoms with Gasteiger partial charge in [0.1, 0.15) is 5.82 Å². The van der Waals surface area contributed by atoms with E-state index >= 15 is 0 Å². The second-order valence-electron chi connectivity index (χ2n) is 11.2. The summed E-state index contributed by atoms with van der Waals surface area (Å²) in [7, 11) is 1.71. The van der Waals surface area contributed by atoms with Crippen molar-refractivity contribution in [3.8, 4) is 11.1 Å². The highest BCUT2D eigenvalue weighted by molar-refractivity contribution is 7.22. The van der Waals surface area contributed by atoms with Crippen molar-refractivity contribution in [2.75, 3.05) is 57.2 Å². The molecular weight excluding hydrogens is 564 g/mol. The summed E-state index contributed by atoms with van der Waals surface area (Å²) in [4.78, 5) is 21.4. The molecule has 228 valence electrons. The predicted octanol–water partition coefficient (Wildman–Crippen LogP) is 4.18. The van der Waals surface area contributed by atoms with Crippen LogP contribution in [0.5, 0.6) is 0 Å². The summed E-state index contributed by atoms with van der Waals surface area (Å²) in [6, 6.07) is 10.8. The molecule has 0 unspecified atom stereocenters. The molecule has 1 saturated carbocycles. The fraction of sp³-hybridized carbons (Fsp3) is 0.484. The number of aromatic nitrogens is 4. The Morgan fingerprint density at radius 1 is 1.02 bits per heavy atom. The molecule has 0 atom stereocenters. The molecule has 4 heterocycles. The van der Waals surface area contributed by atoms with Crippen LogP contribution in [-0.4, -0.2) is 88.7 Å². The third kappa shape index (κ3) is 8.22. The van der Waals surface area contributed by atoms with E-state index in [1.807, 2.05) is 18.5 Å². The summed E-state index contributed by atoms with van der Waals surface area (Å²) in [5, 5.41) is 21.1. The minimum atomic E-state index is -0.202. The van der Waals surface area contributed by atoms with Crippen LogP contribution in [0.4, 0.5) is 16.9 Å². The van der Waals surface area contributed by atoms with Crippen molar-refractivity contribution in [3.63, 3.8) is 0 Å².